The van der Waals surface area contributed by atoms with Gasteiger partial charge in [0.25, 0.3) is 0 Å². The number of carbonyl (C=O) groups excluding carboxylic acids is 2. The zero-order chi connectivity index (χ0) is 24.2. The molecule has 2 heterocycles. The summed E-state index contributed by atoms with van der Waals surface area (Å²) in [7, 11) is 0. The molecule has 0 radical (unpaired) electrons. The molecule has 0 bridgehead atoms. The van der Waals surface area contributed by atoms with Crippen LogP contribution in [0.2, 0.25) is 0 Å². The van der Waals surface area contributed by atoms with Crippen molar-refractivity contribution in [1.82, 2.24) is 0 Å². The molecule has 1 aromatic rings. The molecular weight excluding hydrogens is 420 g/mol. The van der Waals surface area contributed by atoms with Gasteiger partial charge in [-0.05, 0) is 76.1 Å². The lowest BCUT2D eigenvalue weighted by Crippen LogP contribution is -2.30. The second kappa shape index (κ2) is 10.8. The fraction of sp³-hybridized carbons (Fsp3) is 0.556. The van der Waals surface area contributed by atoms with E-state index >= 15 is 0 Å². The average molecular weight is 457 g/mol. The van der Waals surface area contributed by atoms with Gasteiger partial charge in [-0.15, -0.1) is 0 Å². The second-order valence-corrected chi connectivity index (χ2v) is 9.47. The first kappa shape index (κ1) is 25.3. The molecule has 180 valence electrons. The molecule has 33 heavy (non-hydrogen) atoms. The normalized spacial score (nSPS) is 29.5. The summed E-state index contributed by atoms with van der Waals surface area (Å²) in [5, 5.41) is 9.18. The Kier molecular flexibility index (Phi) is 8.27. The Morgan fingerprint density at radius 2 is 1.85 bits per heavy atom. The zero-order valence-corrected chi connectivity index (χ0v) is 20.3. The van der Waals surface area contributed by atoms with E-state index in [1.807, 2.05) is 58.9 Å². The van der Waals surface area contributed by atoms with Gasteiger partial charge in [-0.25, -0.2) is 4.79 Å². The number of aliphatic hydroxyl groups is 1. The first-order valence-electron chi connectivity index (χ1n) is 11.8. The first-order chi connectivity index (χ1) is 15.6. The van der Waals surface area contributed by atoms with Gasteiger partial charge in [0.15, 0.2) is 11.6 Å². The minimum Gasteiger partial charge on any atom is -0.458 e. The number of aryl methyl sites for hydroxylation is 2. The van der Waals surface area contributed by atoms with E-state index in [0.29, 0.717) is 18.4 Å². The summed E-state index contributed by atoms with van der Waals surface area (Å²) < 4.78 is 17.8. The van der Waals surface area contributed by atoms with Gasteiger partial charge in [0, 0.05) is 12.5 Å². The van der Waals surface area contributed by atoms with E-state index in [-0.39, 0.29) is 24.3 Å². The highest BCUT2D eigenvalue weighted by atomic mass is 16.8. The predicted molar refractivity (Wildman–Crippen MR) is 127 cm³/mol. The zero-order valence-electron chi connectivity index (χ0n) is 20.3. The van der Waals surface area contributed by atoms with Gasteiger partial charge in [0.05, 0.1) is 11.7 Å². The van der Waals surface area contributed by atoms with Gasteiger partial charge < -0.3 is 19.3 Å². The molecule has 6 heteroatoms. The van der Waals surface area contributed by atoms with E-state index in [1.54, 1.807) is 6.08 Å². The van der Waals surface area contributed by atoms with Crippen molar-refractivity contribution in [2.45, 2.75) is 84.4 Å². The number of rotatable bonds is 4. The number of fused-ring (bicyclic) bond motifs is 2. The Morgan fingerprint density at radius 3 is 2.58 bits per heavy atom. The Morgan fingerprint density at radius 1 is 1.09 bits per heavy atom. The van der Waals surface area contributed by atoms with Crippen LogP contribution >= 0.6 is 0 Å². The van der Waals surface area contributed by atoms with E-state index in [2.05, 4.69) is 0 Å². The Labute approximate surface area is 196 Å². The molecule has 0 unspecified atom stereocenters. The fourth-order valence-electron chi connectivity index (χ4n) is 4.28. The number of carbonyl (C=O) groups is 2. The molecule has 3 rings (SSSR count). The number of unbranched alkanes of at least 4 members (excludes halogenated alkanes) is 1. The monoisotopic (exact) mass is 456 g/mol. The lowest BCUT2D eigenvalue weighted by molar-refractivity contribution is -0.152. The van der Waals surface area contributed by atoms with E-state index in [9.17, 15) is 14.7 Å². The Hall–Kier alpha value is -2.28. The largest absolute Gasteiger partial charge is 0.458 e. The van der Waals surface area contributed by atoms with Crippen molar-refractivity contribution < 1.29 is 28.9 Å². The molecule has 0 amide bonds. The van der Waals surface area contributed by atoms with Gasteiger partial charge in [-0.2, -0.15) is 0 Å². The van der Waals surface area contributed by atoms with Crippen LogP contribution in [0.5, 0.6) is 0 Å². The summed E-state index contributed by atoms with van der Waals surface area (Å²) in [4.78, 5) is 26.1. The summed E-state index contributed by atoms with van der Waals surface area (Å²) in [6.45, 7) is 9.42. The van der Waals surface area contributed by atoms with Crippen LogP contribution < -0.4 is 0 Å². The fourth-order valence-corrected chi connectivity index (χ4v) is 4.28. The van der Waals surface area contributed by atoms with Gasteiger partial charge >= 0.3 is 5.97 Å². The lowest BCUT2D eigenvalue weighted by atomic mass is 9.92. The minimum absolute atomic E-state index is 0.138. The standard InChI is InChI=1S/C27H36O6/c1-17-13-15-22(29)25-23(32-27(4,5)33-25)11-8-10-21-20(9-6-7-16-28)14-12-18(2)24(21)26(30)31-19(17)3/h8,10,12-15,17,19,23,25,28H,6-7,9,11,16H2,1-5H3/b10-8+,15-13-/t17-,19+,23+,25-/m1/s1. The van der Waals surface area contributed by atoms with E-state index in [1.165, 1.54) is 6.08 Å². The maximum Gasteiger partial charge on any atom is 0.339 e. The summed E-state index contributed by atoms with van der Waals surface area (Å²) in [6, 6.07) is 3.98. The van der Waals surface area contributed by atoms with Crippen molar-refractivity contribution in [1.29, 1.82) is 0 Å². The third-order valence-corrected chi connectivity index (χ3v) is 6.32. The van der Waals surface area contributed by atoms with Crippen molar-refractivity contribution in [3.05, 3.63) is 52.6 Å². The molecule has 0 aromatic heterocycles. The van der Waals surface area contributed by atoms with Crippen molar-refractivity contribution in [3.8, 4) is 0 Å². The van der Waals surface area contributed by atoms with Crippen molar-refractivity contribution in [3.63, 3.8) is 0 Å². The maximum absolute atomic E-state index is 13.2. The van der Waals surface area contributed by atoms with Crippen molar-refractivity contribution >= 4 is 17.8 Å². The number of hydrogen-bond acceptors (Lipinski definition) is 6. The molecule has 0 spiro atoms. The molecule has 4 atom stereocenters. The first-order valence-corrected chi connectivity index (χ1v) is 11.8. The van der Waals surface area contributed by atoms with Gasteiger partial charge in [-0.3, -0.25) is 4.79 Å². The SMILES string of the molecule is Cc1ccc(CCCCO)c2c1C(=O)O[C@@H](C)[C@H](C)/C=C\C(=O)[C@H]1OC(C)(C)O[C@H]1C/C=C/2. The highest BCUT2D eigenvalue weighted by Crippen LogP contribution is 2.32. The minimum atomic E-state index is -0.845. The number of hydrogen-bond donors (Lipinski definition) is 1. The van der Waals surface area contributed by atoms with Crippen LogP contribution in [-0.2, 0) is 25.4 Å². The van der Waals surface area contributed by atoms with Gasteiger partial charge in [-0.1, -0.05) is 37.3 Å². The van der Waals surface area contributed by atoms with Gasteiger partial charge in [0.1, 0.15) is 12.2 Å². The smallest absolute Gasteiger partial charge is 0.339 e. The Bertz CT molecular complexity index is 929. The number of benzene rings is 1. The summed E-state index contributed by atoms with van der Waals surface area (Å²) in [6.07, 6.45) is 8.38. The number of esters is 1. The van der Waals surface area contributed by atoms with Gasteiger partial charge in [0.2, 0.25) is 0 Å². The summed E-state index contributed by atoms with van der Waals surface area (Å²) in [5.41, 5.74) is 3.26. The lowest BCUT2D eigenvalue weighted by Gasteiger charge is -2.21. The van der Waals surface area contributed by atoms with Crippen LogP contribution in [0.1, 0.15) is 74.0 Å². The molecule has 1 aromatic carbocycles. The highest BCUT2D eigenvalue weighted by Gasteiger charge is 2.43. The van der Waals surface area contributed by atoms with Crippen LogP contribution in [0.4, 0.5) is 0 Å². The molecule has 0 saturated carbocycles. The highest BCUT2D eigenvalue weighted by molar-refractivity contribution is 5.96. The molecule has 2 aliphatic heterocycles. The van der Waals surface area contributed by atoms with Crippen molar-refractivity contribution in [2.75, 3.05) is 6.61 Å². The predicted octanol–water partition coefficient (Wildman–Crippen LogP) is 4.55. The second-order valence-electron chi connectivity index (χ2n) is 9.47. The molecule has 1 saturated heterocycles. The van der Waals surface area contributed by atoms with E-state index in [4.69, 9.17) is 14.2 Å². The Balaban J connectivity index is 2.04. The quantitative estimate of drug-likeness (QED) is 0.529. The number of ketones is 1. The molecule has 2 aliphatic rings. The third-order valence-electron chi connectivity index (χ3n) is 6.32. The molecular formula is C27H36O6. The average Bonchev–Trinajstić information content (AvgIpc) is 3.07. The molecule has 1 N–H and O–H groups in total. The molecule has 1 fully saturated rings. The van der Waals surface area contributed by atoms with Crippen molar-refractivity contribution in [2.24, 2.45) is 5.92 Å². The summed E-state index contributed by atoms with van der Waals surface area (Å²) in [5.74, 6) is -1.52. The maximum atomic E-state index is 13.2. The topological polar surface area (TPSA) is 82.1 Å². The van der Waals surface area contributed by atoms with E-state index < -0.39 is 24.1 Å². The van der Waals surface area contributed by atoms with Crippen LogP contribution in [-0.4, -0.2) is 47.6 Å². The number of cyclic esters (lactones) is 1. The third kappa shape index (κ3) is 6.19. The van der Waals surface area contributed by atoms with Crippen LogP contribution in [0.25, 0.3) is 6.08 Å². The summed E-state index contributed by atoms with van der Waals surface area (Å²) >= 11 is 0. The van der Waals surface area contributed by atoms with E-state index in [0.717, 1.165) is 29.5 Å². The van der Waals surface area contributed by atoms with Crippen LogP contribution in [0, 0.1) is 12.8 Å². The molecule has 6 nitrogen and oxygen atoms in total. The van der Waals surface area contributed by atoms with Crippen LogP contribution in [0.15, 0.2) is 30.4 Å². The number of aliphatic hydroxyl groups excluding tert-OH is 1. The number of ether oxygens (including phenoxy) is 3. The van der Waals surface area contributed by atoms with Crippen LogP contribution in [0.3, 0.4) is 0 Å². The molecule has 0 aliphatic carbocycles.